The van der Waals surface area contributed by atoms with Crippen molar-refractivity contribution in [1.82, 2.24) is 0 Å². The Morgan fingerprint density at radius 2 is 1.76 bits per heavy atom. The Morgan fingerprint density at radius 3 is 2.33 bits per heavy atom. The summed E-state index contributed by atoms with van der Waals surface area (Å²) in [6.07, 6.45) is -0.328. The quantitative estimate of drug-likeness (QED) is 0.915. The molecule has 0 amide bonds. The Morgan fingerprint density at radius 1 is 1.10 bits per heavy atom. The minimum Gasteiger partial charge on any atom is -0.497 e. The maximum Gasteiger partial charge on any atom is 0.139 e. The van der Waals surface area contributed by atoms with Gasteiger partial charge in [-0.1, -0.05) is 24.3 Å². The summed E-state index contributed by atoms with van der Waals surface area (Å²) in [4.78, 5) is 0. The van der Waals surface area contributed by atoms with Gasteiger partial charge in [-0.2, -0.15) is 5.26 Å². The minimum atomic E-state index is -0.328. The second-order valence-electron chi connectivity index (χ2n) is 4.78. The first-order valence-corrected chi connectivity index (χ1v) is 6.71. The van der Waals surface area contributed by atoms with Crippen molar-refractivity contribution < 1.29 is 9.47 Å². The van der Waals surface area contributed by atoms with E-state index < -0.39 is 0 Å². The van der Waals surface area contributed by atoms with E-state index in [9.17, 15) is 0 Å². The molecule has 0 heterocycles. The summed E-state index contributed by atoms with van der Waals surface area (Å²) in [6, 6.07) is 16.6. The van der Waals surface area contributed by atoms with Crippen LogP contribution in [-0.2, 0) is 0 Å². The Bertz CT molecular complexity index is 630. The van der Waals surface area contributed by atoms with Crippen LogP contribution in [0.4, 0.5) is 0 Å². The zero-order valence-electron chi connectivity index (χ0n) is 12.1. The molecule has 4 heteroatoms. The summed E-state index contributed by atoms with van der Waals surface area (Å²) in [5, 5.41) is 9.13. The second kappa shape index (κ2) is 6.78. The summed E-state index contributed by atoms with van der Waals surface area (Å²) in [7, 11) is 1.62. The number of methoxy groups -OCH3 is 1. The number of nitrogens with zero attached hydrogens (tertiary/aromatic N) is 1. The molecule has 108 valence electrons. The molecule has 2 atom stereocenters. The van der Waals surface area contributed by atoms with Crippen molar-refractivity contribution in [3.63, 3.8) is 0 Å². The Kier molecular flexibility index (Phi) is 4.81. The van der Waals surface area contributed by atoms with Crippen molar-refractivity contribution in [3.8, 4) is 17.6 Å². The molecule has 2 aromatic carbocycles. The molecule has 2 rings (SSSR count). The monoisotopic (exact) mass is 282 g/mol. The number of hydrogen-bond donors (Lipinski definition) is 1. The number of nitriles is 1. The lowest BCUT2D eigenvalue weighted by molar-refractivity contribution is 0.180. The maximum atomic E-state index is 9.13. The summed E-state index contributed by atoms with van der Waals surface area (Å²) in [5.41, 5.74) is 7.48. The number of rotatable bonds is 5. The van der Waals surface area contributed by atoms with Crippen molar-refractivity contribution in [1.29, 1.82) is 5.26 Å². The summed E-state index contributed by atoms with van der Waals surface area (Å²) in [5.74, 6) is 1.32. The molecule has 2 aromatic rings. The predicted octanol–water partition coefficient (Wildman–Crippen LogP) is 3.03. The smallest absolute Gasteiger partial charge is 0.139 e. The fraction of sp³-hybridized carbons (Fsp3) is 0.235. The largest absolute Gasteiger partial charge is 0.497 e. The topological polar surface area (TPSA) is 68.3 Å². The molecule has 2 N–H and O–H groups in total. The molecule has 0 aromatic heterocycles. The van der Waals surface area contributed by atoms with Gasteiger partial charge in [0.15, 0.2) is 0 Å². The van der Waals surface area contributed by atoms with Crippen molar-refractivity contribution in [3.05, 3.63) is 59.7 Å². The third kappa shape index (κ3) is 3.53. The van der Waals surface area contributed by atoms with Crippen LogP contribution in [0.25, 0.3) is 0 Å². The molecule has 0 saturated heterocycles. The van der Waals surface area contributed by atoms with Crippen LogP contribution < -0.4 is 15.2 Å². The van der Waals surface area contributed by atoms with E-state index in [0.717, 1.165) is 11.3 Å². The molecule has 0 aliphatic rings. The molecule has 4 nitrogen and oxygen atoms in total. The van der Waals surface area contributed by atoms with Crippen LogP contribution in [0, 0.1) is 11.3 Å². The highest BCUT2D eigenvalue weighted by atomic mass is 16.5. The van der Waals surface area contributed by atoms with Crippen molar-refractivity contribution in [2.45, 2.75) is 19.1 Å². The Balaban J connectivity index is 2.29. The molecule has 2 unspecified atom stereocenters. The fourth-order valence-electron chi connectivity index (χ4n) is 2.07. The third-order valence-electron chi connectivity index (χ3n) is 3.18. The van der Waals surface area contributed by atoms with Gasteiger partial charge < -0.3 is 15.2 Å². The van der Waals surface area contributed by atoms with Gasteiger partial charge in [0.05, 0.1) is 12.7 Å². The lowest BCUT2D eigenvalue weighted by Crippen LogP contribution is -2.29. The van der Waals surface area contributed by atoms with Gasteiger partial charge in [0.1, 0.15) is 23.7 Å². The van der Waals surface area contributed by atoms with Gasteiger partial charge in [-0.05, 0) is 36.8 Å². The molecule has 0 spiro atoms. The normalized spacial score (nSPS) is 13.0. The van der Waals surface area contributed by atoms with E-state index in [0.29, 0.717) is 11.3 Å². The SMILES string of the molecule is COc1ccc(C(Oc2ccccc2C#N)C(C)N)cc1. The van der Waals surface area contributed by atoms with Crippen LogP contribution in [-0.4, -0.2) is 13.2 Å². The van der Waals surface area contributed by atoms with Gasteiger partial charge in [-0.15, -0.1) is 0 Å². The zero-order valence-corrected chi connectivity index (χ0v) is 12.1. The molecular weight excluding hydrogens is 264 g/mol. The van der Waals surface area contributed by atoms with Crippen LogP contribution >= 0.6 is 0 Å². The lowest BCUT2D eigenvalue weighted by Gasteiger charge is -2.23. The van der Waals surface area contributed by atoms with Crippen LogP contribution in [0.5, 0.6) is 11.5 Å². The first-order valence-electron chi connectivity index (χ1n) is 6.71. The van der Waals surface area contributed by atoms with E-state index in [-0.39, 0.29) is 12.1 Å². The second-order valence-corrected chi connectivity index (χ2v) is 4.78. The van der Waals surface area contributed by atoms with Gasteiger partial charge in [0, 0.05) is 6.04 Å². The van der Waals surface area contributed by atoms with Gasteiger partial charge in [-0.3, -0.25) is 0 Å². The van der Waals surface area contributed by atoms with E-state index in [1.807, 2.05) is 37.3 Å². The van der Waals surface area contributed by atoms with E-state index in [1.54, 1.807) is 25.3 Å². The highest BCUT2D eigenvalue weighted by molar-refractivity contribution is 5.43. The first-order chi connectivity index (χ1) is 10.2. The number of ether oxygens (including phenoxy) is 2. The lowest BCUT2D eigenvalue weighted by atomic mass is 10.0. The third-order valence-corrected chi connectivity index (χ3v) is 3.18. The van der Waals surface area contributed by atoms with Crippen LogP contribution in [0.15, 0.2) is 48.5 Å². The summed E-state index contributed by atoms with van der Waals surface area (Å²) >= 11 is 0. The number of hydrogen-bond acceptors (Lipinski definition) is 4. The molecule has 0 fully saturated rings. The number of benzene rings is 2. The van der Waals surface area contributed by atoms with E-state index >= 15 is 0 Å². The fourth-order valence-corrected chi connectivity index (χ4v) is 2.07. The standard InChI is InChI=1S/C17H18N2O2/c1-12(19)17(13-7-9-15(20-2)10-8-13)21-16-6-4-3-5-14(16)11-18/h3-10,12,17H,19H2,1-2H3. The highest BCUT2D eigenvalue weighted by Gasteiger charge is 2.19. The first kappa shape index (κ1) is 14.9. The molecule has 0 bridgehead atoms. The van der Waals surface area contributed by atoms with Gasteiger partial charge >= 0.3 is 0 Å². The highest BCUT2D eigenvalue weighted by Crippen LogP contribution is 2.27. The zero-order chi connectivity index (χ0) is 15.2. The Labute approximate surface area is 124 Å². The molecule has 0 aliphatic heterocycles. The van der Waals surface area contributed by atoms with E-state index in [1.165, 1.54) is 0 Å². The average Bonchev–Trinajstić information content (AvgIpc) is 2.53. The van der Waals surface area contributed by atoms with Crippen LogP contribution in [0.2, 0.25) is 0 Å². The number of nitrogens with two attached hydrogens (primary N) is 1. The summed E-state index contributed by atoms with van der Waals surface area (Å²) < 4.78 is 11.1. The summed E-state index contributed by atoms with van der Waals surface area (Å²) in [6.45, 7) is 1.88. The van der Waals surface area contributed by atoms with E-state index in [4.69, 9.17) is 20.5 Å². The van der Waals surface area contributed by atoms with E-state index in [2.05, 4.69) is 6.07 Å². The van der Waals surface area contributed by atoms with Gasteiger partial charge in [0.25, 0.3) is 0 Å². The maximum absolute atomic E-state index is 9.13. The number of para-hydroxylation sites is 1. The molecule has 21 heavy (non-hydrogen) atoms. The van der Waals surface area contributed by atoms with Crippen molar-refractivity contribution in [2.24, 2.45) is 5.73 Å². The minimum absolute atomic E-state index is 0.217. The Hall–Kier alpha value is -2.51. The van der Waals surface area contributed by atoms with Crippen molar-refractivity contribution >= 4 is 0 Å². The molecule has 0 saturated carbocycles. The predicted molar refractivity (Wildman–Crippen MR) is 81.2 cm³/mol. The van der Waals surface area contributed by atoms with Crippen LogP contribution in [0.3, 0.4) is 0 Å². The average molecular weight is 282 g/mol. The molecular formula is C17H18N2O2. The van der Waals surface area contributed by atoms with Gasteiger partial charge in [0.2, 0.25) is 0 Å². The van der Waals surface area contributed by atoms with Crippen LogP contribution in [0.1, 0.15) is 24.2 Å². The van der Waals surface area contributed by atoms with Gasteiger partial charge in [-0.25, -0.2) is 0 Å². The van der Waals surface area contributed by atoms with Crippen molar-refractivity contribution in [2.75, 3.05) is 7.11 Å². The molecule has 0 aliphatic carbocycles. The molecule has 0 radical (unpaired) electrons.